The lowest BCUT2D eigenvalue weighted by atomic mass is 10.2. The molecule has 3 aromatic rings. The average Bonchev–Trinajstić information content (AvgIpc) is 2.92. The van der Waals surface area contributed by atoms with Crippen molar-refractivity contribution in [3.8, 4) is 5.75 Å². The van der Waals surface area contributed by atoms with E-state index in [4.69, 9.17) is 26.0 Å². The first-order chi connectivity index (χ1) is 19.3. The Bertz CT molecular complexity index is 1740. The molecule has 0 aromatic heterocycles. The zero-order valence-corrected chi connectivity index (χ0v) is 23.4. The maximum Gasteiger partial charge on any atom is 0.340 e. The minimum absolute atomic E-state index is 0.0735. The number of nitrogens with zero attached hydrogens (tertiary/aromatic N) is 4. The number of nitrogen functional groups attached to an aromatic ring is 2. The highest BCUT2D eigenvalue weighted by Crippen LogP contribution is 2.44. The number of carbonyl (C=O) groups excluding carboxylic acids is 1. The van der Waals surface area contributed by atoms with Gasteiger partial charge in [0, 0.05) is 0 Å². The highest BCUT2D eigenvalue weighted by atomic mass is 32.2. The minimum atomic E-state index is -4.92. The van der Waals surface area contributed by atoms with Gasteiger partial charge in [0.05, 0.1) is 47.9 Å². The molecule has 0 unspecified atom stereocenters. The molecule has 0 spiro atoms. The Morgan fingerprint density at radius 2 is 1.56 bits per heavy atom. The van der Waals surface area contributed by atoms with Gasteiger partial charge in [-0.2, -0.15) is 8.42 Å². The van der Waals surface area contributed by atoms with E-state index in [0.29, 0.717) is 0 Å². The zero-order valence-electron chi connectivity index (χ0n) is 21.8. The molecule has 15 nitrogen and oxygen atoms in total. The first-order valence-corrected chi connectivity index (χ1v) is 14.7. The van der Waals surface area contributed by atoms with Gasteiger partial charge < -0.3 is 26.0 Å². The Morgan fingerprint density at radius 3 is 2.20 bits per heavy atom. The van der Waals surface area contributed by atoms with Crippen LogP contribution in [0.1, 0.15) is 17.3 Å². The number of methoxy groups -OCH3 is 1. The first-order valence-electron chi connectivity index (χ1n) is 11.6. The molecule has 3 rings (SSSR count). The normalized spacial score (nSPS) is 12.2. The molecule has 17 heteroatoms. The number of azo groups is 2. The van der Waals surface area contributed by atoms with Crippen molar-refractivity contribution in [2.75, 3.05) is 37.5 Å². The number of benzene rings is 3. The van der Waals surface area contributed by atoms with Gasteiger partial charge in [0.15, 0.2) is 9.84 Å². The van der Waals surface area contributed by atoms with Crippen LogP contribution in [0.4, 0.5) is 34.1 Å². The SMILES string of the molecule is CCOC(=O)c1ccccc1/N=N/c1cc(S(=O)(=O)O)c(N)c(/N=N/c2cc(S(=O)(=O)CCO)ccc2OC)c1N. The molecule has 0 aliphatic carbocycles. The van der Waals surface area contributed by atoms with Crippen molar-refractivity contribution in [2.45, 2.75) is 16.7 Å². The fraction of sp³-hybridized carbons (Fsp3) is 0.208. The van der Waals surface area contributed by atoms with Crippen LogP contribution in [0.15, 0.2) is 78.8 Å². The first kappa shape index (κ1) is 31.1. The minimum Gasteiger partial charge on any atom is -0.494 e. The van der Waals surface area contributed by atoms with Crippen LogP contribution in [0.25, 0.3) is 0 Å². The van der Waals surface area contributed by atoms with E-state index in [1.54, 1.807) is 19.1 Å². The van der Waals surface area contributed by atoms with Gasteiger partial charge in [-0.25, -0.2) is 13.2 Å². The third kappa shape index (κ3) is 7.20. The van der Waals surface area contributed by atoms with Crippen molar-refractivity contribution in [2.24, 2.45) is 20.5 Å². The Kier molecular flexibility index (Phi) is 9.71. The number of carbonyl (C=O) groups is 1. The van der Waals surface area contributed by atoms with Crippen LogP contribution in [0.3, 0.4) is 0 Å². The van der Waals surface area contributed by atoms with Crippen LogP contribution in [0, 0.1) is 0 Å². The molecule has 0 fully saturated rings. The number of aliphatic hydroxyl groups is 1. The summed E-state index contributed by atoms with van der Waals surface area (Å²) in [4.78, 5) is 11.3. The molecule has 3 aromatic carbocycles. The number of hydrogen-bond donors (Lipinski definition) is 4. The second-order valence-corrected chi connectivity index (χ2v) is 11.6. The molecule has 0 aliphatic heterocycles. The number of anilines is 2. The maximum atomic E-state index is 12.4. The molecule has 0 saturated carbocycles. The standard InChI is InChI=1S/C24H26N6O9S2/c1-3-39-24(32)15-6-4-5-7-16(15)27-29-18-13-20(41(35,36)37)22(26)23(21(18)25)30-28-17-12-14(8-9-19(17)38-2)40(33,34)11-10-31/h4-9,12-13,31H,3,10-11,25-26H2,1-2H3,(H,35,36,37)/b29-27+,30-28+. The molecule has 41 heavy (non-hydrogen) atoms. The highest BCUT2D eigenvalue weighted by molar-refractivity contribution is 7.91. The second-order valence-electron chi connectivity index (χ2n) is 8.06. The molecule has 218 valence electrons. The Balaban J connectivity index is 2.17. The van der Waals surface area contributed by atoms with Crippen LogP contribution in [-0.4, -0.2) is 58.5 Å². The fourth-order valence-corrected chi connectivity index (χ4v) is 5.08. The molecule has 0 saturated heterocycles. The van der Waals surface area contributed by atoms with Crippen molar-refractivity contribution in [3.05, 3.63) is 54.1 Å². The van der Waals surface area contributed by atoms with Gasteiger partial charge in [0.25, 0.3) is 10.1 Å². The van der Waals surface area contributed by atoms with Crippen molar-refractivity contribution in [3.63, 3.8) is 0 Å². The summed E-state index contributed by atoms with van der Waals surface area (Å²) in [6.07, 6.45) is 0. The summed E-state index contributed by atoms with van der Waals surface area (Å²) in [6, 6.07) is 10.6. The van der Waals surface area contributed by atoms with E-state index in [1.807, 2.05) is 0 Å². The van der Waals surface area contributed by atoms with Crippen LogP contribution >= 0.6 is 0 Å². The monoisotopic (exact) mass is 606 g/mol. The van der Waals surface area contributed by atoms with Crippen molar-refractivity contribution >= 4 is 60.0 Å². The molecule has 0 bridgehead atoms. The number of esters is 1. The fourth-order valence-electron chi connectivity index (χ4n) is 3.40. The summed E-state index contributed by atoms with van der Waals surface area (Å²) in [5.74, 6) is -1.12. The van der Waals surface area contributed by atoms with Crippen LogP contribution in [0.2, 0.25) is 0 Å². The smallest absolute Gasteiger partial charge is 0.340 e. The van der Waals surface area contributed by atoms with Crippen molar-refractivity contribution in [1.82, 2.24) is 0 Å². The van der Waals surface area contributed by atoms with Crippen molar-refractivity contribution in [1.29, 1.82) is 0 Å². The van der Waals surface area contributed by atoms with E-state index in [2.05, 4.69) is 20.5 Å². The topological polar surface area (TPSA) is 246 Å². The summed E-state index contributed by atoms with van der Waals surface area (Å²) in [5.41, 5.74) is 10.6. The quantitative estimate of drug-likeness (QED) is 0.105. The lowest BCUT2D eigenvalue weighted by Gasteiger charge is -2.11. The van der Waals surface area contributed by atoms with Gasteiger partial charge in [-0.1, -0.05) is 12.1 Å². The molecule has 6 N–H and O–H groups in total. The largest absolute Gasteiger partial charge is 0.494 e. The number of nitrogens with two attached hydrogens (primary N) is 2. The predicted octanol–water partition coefficient (Wildman–Crippen LogP) is 3.88. The number of rotatable bonds is 11. The van der Waals surface area contributed by atoms with Gasteiger partial charge in [0.1, 0.15) is 33.4 Å². The van der Waals surface area contributed by atoms with E-state index >= 15 is 0 Å². The van der Waals surface area contributed by atoms with Gasteiger partial charge in [-0.05, 0) is 43.3 Å². The number of aliphatic hydroxyl groups excluding tert-OH is 1. The summed E-state index contributed by atoms with van der Waals surface area (Å²) in [5, 5.41) is 24.9. The second kappa shape index (κ2) is 12.8. The van der Waals surface area contributed by atoms with Gasteiger partial charge in [-0.15, -0.1) is 20.5 Å². The van der Waals surface area contributed by atoms with Crippen LogP contribution in [-0.2, 0) is 24.7 Å². The lowest BCUT2D eigenvalue weighted by molar-refractivity contribution is 0.0527. The van der Waals surface area contributed by atoms with Crippen LogP contribution in [0.5, 0.6) is 5.75 Å². The maximum absolute atomic E-state index is 12.4. The summed E-state index contributed by atoms with van der Waals surface area (Å²) < 4.78 is 68.9. The Hall–Kier alpha value is -4.45. The van der Waals surface area contributed by atoms with E-state index in [-0.39, 0.29) is 45.6 Å². The van der Waals surface area contributed by atoms with Gasteiger partial charge in [-0.3, -0.25) is 4.55 Å². The number of sulfone groups is 1. The highest BCUT2D eigenvalue weighted by Gasteiger charge is 2.23. The molecular weight excluding hydrogens is 580 g/mol. The lowest BCUT2D eigenvalue weighted by Crippen LogP contribution is -2.09. The Labute approximate surface area is 235 Å². The molecule has 0 aliphatic rings. The van der Waals surface area contributed by atoms with E-state index < -0.39 is 54.6 Å². The van der Waals surface area contributed by atoms with E-state index in [0.717, 1.165) is 12.1 Å². The molecule has 0 heterocycles. The average molecular weight is 607 g/mol. The third-order valence-corrected chi connectivity index (χ3v) is 7.98. The molecular formula is C24H26N6O9S2. The van der Waals surface area contributed by atoms with Gasteiger partial charge >= 0.3 is 5.97 Å². The molecule has 0 amide bonds. The van der Waals surface area contributed by atoms with Crippen molar-refractivity contribution < 1.29 is 40.8 Å². The number of ether oxygens (including phenoxy) is 2. The molecule has 0 atom stereocenters. The van der Waals surface area contributed by atoms with Gasteiger partial charge in [0.2, 0.25) is 0 Å². The third-order valence-electron chi connectivity index (χ3n) is 5.39. The zero-order chi connectivity index (χ0) is 30.4. The number of hydrogen-bond acceptors (Lipinski definition) is 14. The molecule has 0 radical (unpaired) electrons. The van der Waals surface area contributed by atoms with E-state index in [9.17, 15) is 26.2 Å². The summed E-state index contributed by atoms with van der Waals surface area (Å²) in [7, 11) is -7.49. The predicted molar refractivity (Wildman–Crippen MR) is 148 cm³/mol. The summed E-state index contributed by atoms with van der Waals surface area (Å²) >= 11 is 0. The Morgan fingerprint density at radius 1 is 0.902 bits per heavy atom. The van der Waals surface area contributed by atoms with E-state index in [1.165, 1.54) is 31.4 Å². The van der Waals surface area contributed by atoms with Crippen LogP contribution < -0.4 is 16.2 Å². The summed E-state index contributed by atoms with van der Waals surface area (Å²) in [6.45, 7) is 1.13.